The van der Waals surface area contributed by atoms with Crippen LogP contribution in [0.25, 0.3) is 10.8 Å². The van der Waals surface area contributed by atoms with Gasteiger partial charge in [0, 0.05) is 11.6 Å². The van der Waals surface area contributed by atoms with Gasteiger partial charge in [0.15, 0.2) is 6.54 Å². The molecule has 1 unspecified atom stereocenters. The summed E-state index contributed by atoms with van der Waals surface area (Å²) >= 11 is 0. The van der Waals surface area contributed by atoms with Crippen LogP contribution < -0.4 is 19.5 Å². The van der Waals surface area contributed by atoms with Gasteiger partial charge in [0.25, 0.3) is 11.7 Å². The van der Waals surface area contributed by atoms with Crippen LogP contribution >= 0.6 is 0 Å². The summed E-state index contributed by atoms with van der Waals surface area (Å²) < 4.78 is 5.30. The topological polar surface area (TPSA) is 51.4 Å². The van der Waals surface area contributed by atoms with E-state index in [0.29, 0.717) is 6.54 Å². The van der Waals surface area contributed by atoms with Crippen LogP contribution in [0.3, 0.4) is 0 Å². The van der Waals surface area contributed by atoms with Gasteiger partial charge in [-0.2, -0.15) is 0 Å². The van der Waals surface area contributed by atoms with E-state index in [1.807, 2.05) is 35.4 Å². The zero-order valence-corrected chi connectivity index (χ0v) is 17.7. The number of methoxy groups -OCH3 is 1. The van der Waals surface area contributed by atoms with Crippen molar-refractivity contribution < 1.29 is 19.4 Å². The van der Waals surface area contributed by atoms with Crippen LogP contribution in [0.4, 0.5) is 5.82 Å². The second-order valence-corrected chi connectivity index (χ2v) is 7.97. The number of ether oxygens (including phenoxy) is 1. The van der Waals surface area contributed by atoms with Gasteiger partial charge in [-0.05, 0) is 35.0 Å². The maximum absolute atomic E-state index is 12.8. The molecule has 1 saturated heterocycles. The molecule has 1 aromatic heterocycles. The second-order valence-electron chi connectivity index (χ2n) is 7.97. The van der Waals surface area contributed by atoms with Gasteiger partial charge in [0.2, 0.25) is 0 Å². The summed E-state index contributed by atoms with van der Waals surface area (Å²) in [7, 11) is 3.77. The van der Waals surface area contributed by atoms with Gasteiger partial charge in [0.1, 0.15) is 25.4 Å². The van der Waals surface area contributed by atoms with Crippen molar-refractivity contribution in [2.45, 2.75) is 6.54 Å². The zero-order valence-electron chi connectivity index (χ0n) is 17.7. The Labute approximate surface area is 177 Å². The number of nitrogens with one attached hydrogen (secondary N) is 2. The summed E-state index contributed by atoms with van der Waals surface area (Å²) in [6, 6.07) is 18.7. The molecule has 2 aromatic carbocycles. The number of amides is 1. The van der Waals surface area contributed by atoms with Crippen LogP contribution in [0.1, 0.15) is 5.56 Å². The number of quaternary nitrogens is 1. The number of aromatic amines is 1. The number of rotatable bonds is 6. The smallest absolute Gasteiger partial charge is 0.278 e. The van der Waals surface area contributed by atoms with Crippen molar-refractivity contribution in [1.82, 2.24) is 4.90 Å². The Bertz CT molecular complexity index is 1000. The third-order valence-electron chi connectivity index (χ3n) is 5.74. The van der Waals surface area contributed by atoms with Crippen molar-refractivity contribution in [3.05, 3.63) is 66.4 Å². The van der Waals surface area contributed by atoms with Crippen molar-refractivity contribution in [1.29, 1.82) is 0 Å². The molecule has 1 aliphatic heterocycles. The number of fused-ring (bicyclic) bond motifs is 1. The number of carbonyl (C=O) groups excluding carboxylic acids is 1. The minimum Gasteiger partial charge on any atom is -0.497 e. The van der Waals surface area contributed by atoms with Gasteiger partial charge < -0.3 is 14.5 Å². The SMILES string of the molecule is COc1ccc2cc(C[NH+](C)CC(=O)N3CCN(c4cccc[nH+]4)CC3)ccc2c1. The zero-order chi connectivity index (χ0) is 20.9. The minimum atomic E-state index is 0.231. The summed E-state index contributed by atoms with van der Waals surface area (Å²) in [6.07, 6.45) is 1.94. The number of carbonyl (C=O) groups is 1. The van der Waals surface area contributed by atoms with E-state index >= 15 is 0 Å². The molecule has 156 valence electrons. The van der Waals surface area contributed by atoms with Crippen LogP contribution in [0, 0.1) is 0 Å². The Balaban J connectivity index is 1.30. The molecule has 0 bridgehead atoms. The highest BCUT2D eigenvalue weighted by molar-refractivity contribution is 5.84. The van der Waals surface area contributed by atoms with Gasteiger partial charge in [-0.15, -0.1) is 0 Å². The first-order valence-corrected chi connectivity index (χ1v) is 10.5. The number of hydrogen-bond acceptors (Lipinski definition) is 3. The van der Waals surface area contributed by atoms with E-state index in [9.17, 15) is 4.79 Å². The molecule has 0 saturated carbocycles. The molecule has 1 amide bonds. The average molecular weight is 407 g/mol. The van der Waals surface area contributed by atoms with Gasteiger partial charge in [-0.25, -0.2) is 4.98 Å². The number of piperazine rings is 1. The molecule has 1 fully saturated rings. The Morgan fingerprint density at radius 3 is 2.53 bits per heavy atom. The minimum absolute atomic E-state index is 0.231. The highest BCUT2D eigenvalue weighted by Gasteiger charge is 2.27. The first-order chi connectivity index (χ1) is 14.6. The molecular weight excluding hydrogens is 376 g/mol. The van der Waals surface area contributed by atoms with Gasteiger partial charge in [-0.1, -0.05) is 24.3 Å². The van der Waals surface area contributed by atoms with Crippen LogP contribution in [-0.4, -0.2) is 57.7 Å². The molecule has 2 heterocycles. The van der Waals surface area contributed by atoms with E-state index in [4.69, 9.17) is 4.74 Å². The Morgan fingerprint density at radius 2 is 1.80 bits per heavy atom. The number of benzene rings is 2. The fourth-order valence-corrected chi connectivity index (χ4v) is 4.07. The van der Waals surface area contributed by atoms with E-state index in [-0.39, 0.29) is 5.91 Å². The maximum atomic E-state index is 12.8. The van der Waals surface area contributed by atoms with E-state index in [1.165, 1.54) is 21.2 Å². The van der Waals surface area contributed by atoms with E-state index < -0.39 is 0 Å². The second kappa shape index (κ2) is 9.13. The lowest BCUT2D eigenvalue weighted by Gasteiger charge is -2.31. The van der Waals surface area contributed by atoms with E-state index in [2.05, 4.69) is 47.3 Å². The lowest BCUT2D eigenvalue weighted by molar-refractivity contribution is -0.885. The third-order valence-corrected chi connectivity index (χ3v) is 5.74. The monoisotopic (exact) mass is 406 g/mol. The molecule has 6 heteroatoms. The summed E-state index contributed by atoms with van der Waals surface area (Å²) in [5.41, 5.74) is 1.24. The van der Waals surface area contributed by atoms with E-state index in [1.54, 1.807) is 7.11 Å². The predicted octanol–water partition coefficient (Wildman–Crippen LogP) is 1.03. The van der Waals surface area contributed by atoms with Crippen LogP contribution in [0.15, 0.2) is 60.8 Å². The summed E-state index contributed by atoms with van der Waals surface area (Å²) in [5, 5.41) is 2.36. The van der Waals surface area contributed by atoms with Gasteiger partial charge >= 0.3 is 0 Å². The van der Waals surface area contributed by atoms with E-state index in [0.717, 1.165) is 44.3 Å². The number of H-pyrrole nitrogens is 1. The summed E-state index contributed by atoms with van der Waals surface area (Å²) in [6.45, 7) is 4.60. The summed E-state index contributed by atoms with van der Waals surface area (Å²) in [5.74, 6) is 2.21. The van der Waals surface area contributed by atoms with Crippen LogP contribution in [-0.2, 0) is 11.3 Å². The lowest BCUT2D eigenvalue weighted by Crippen LogP contribution is -3.09. The molecular formula is C24H30N4O2+2. The fraction of sp³-hybridized carbons (Fsp3) is 0.333. The molecule has 1 atom stereocenters. The highest BCUT2D eigenvalue weighted by atomic mass is 16.5. The highest BCUT2D eigenvalue weighted by Crippen LogP contribution is 2.21. The van der Waals surface area contributed by atoms with Crippen molar-refractivity contribution >= 4 is 22.5 Å². The van der Waals surface area contributed by atoms with Crippen molar-refractivity contribution in [2.24, 2.45) is 0 Å². The molecule has 4 rings (SSSR count). The van der Waals surface area contributed by atoms with Crippen molar-refractivity contribution in [3.63, 3.8) is 0 Å². The van der Waals surface area contributed by atoms with Crippen molar-refractivity contribution in [3.8, 4) is 5.75 Å². The molecule has 30 heavy (non-hydrogen) atoms. The molecule has 2 N–H and O–H groups in total. The Hall–Kier alpha value is -3.12. The number of likely N-dealkylation sites (N-methyl/N-ethyl adjacent to an activating group) is 1. The number of pyridine rings is 1. The standard InChI is InChI=1S/C24H28N4O2/c1-26(17-19-6-7-21-16-22(30-2)9-8-20(21)15-19)18-24(29)28-13-11-27(12-14-28)23-5-3-4-10-25-23/h3-10,15-16H,11-14,17-18H2,1-2H3/p+2. The number of aromatic nitrogens is 1. The quantitative estimate of drug-likeness (QED) is 0.665. The first kappa shape index (κ1) is 20.2. The molecule has 0 spiro atoms. The van der Waals surface area contributed by atoms with Gasteiger partial charge in [-0.3, -0.25) is 9.69 Å². The maximum Gasteiger partial charge on any atom is 0.278 e. The molecule has 0 radical (unpaired) electrons. The molecule has 3 aromatic rings. The van der Waals surface area contributed by atoms with Crippen LogP contribution in [0.2, 0.25) is 0 Å². The van der Waals surface area contributed by atoms with Crippen molar-refractivity contribution in [2.75, 3.05) is 51.8 Å². The number of hydrogen-bond donors (Lipinski definition) is 1. The Morgan fingerprint density at radius 1 is 1.03 bits per heavy atom. The van der Waals surface area contributed by atoms with Gasteiger partial charge in [0.05, 0.1) is 33.4 Å². The predicted molar refractivity (Wildman–Crippen MR) is 118 cm³/mol. The molecule has 6 nitrogen and oxygen atoms in total. The molecule has 1 aliphatic rings. The Kier molecular flexibility index (Phi) is 6.14. The first-order valence-electron chi connectivity index (χ1n) is 10.5. The average Bonchev–Trinajstić information content (AvgIpc) is 2.79. The number of anilines is 1. The summed E-state index contributed by atoms with van der Waals surface area (Å²) in [4.78, 5) is 21.6. The molecule has 0 aliphatic carbocycles. The van der Waals surface area contributed by atoms with Crippen LogP contribution in [0.5, 0.6) is 5.75 Å². The lowest BCUT2D eigenvalue weighted by atomic mass is 10.1. The normalized spacial score (nSPS) is 15.3. The fourth-order valence-electron chi connectivity index (χ4n) is 4.07. The largest absolute Gasteiger partial charge is 0.497 e. The third kappa shape index (κ3) is 4.71. The number of nitrogens with zero attached hydrogens (tertiary/aromatic N) is 2.